The van der Waals surface area contributed by atoms with Crippen molar-refractivity contribution in [2.45, 2.75) is 20.4 Å². The van der Waals surface area contributed by atoms with Crippen LogP contribution in [0.5, 0.6) is 0 Å². The van der Waals surface area contributed by atoms with E-state index in [1.807, 2.05) is 32.0 Å². The number of anilines is 1. The number of benzene rings is 3. The van der Waals surface area contributed by atoms with Gasteiger partial charge in [-0.2, -0.15) is 0 Å². The highest BCUT2D eigenvalue weighted by Crippen LogP contribution is 2.32. The molecule has 0 aromatic heterocycles. The van der Waals surface area contributed by atoms with Crippen molar-refractivity contribution in [3.8, 4) is 0 Å². The number of rotatable bonds is 5. The normalized spacial score (nSPS) is 13.9. The molecule has 0 saturated carbocycles. The highest BCUT2D eigenvalue weighted by Gasteiger charge is 2.39. The lowest BCUT2D eigenvalue weighted by Gasteiger charge is -2.16. The molecular weight excluding hydrogens is 415 g/mol. The van der Waals surface area contributed by atoms with Crippen molar-refractivity contribution in [1.29, 1.82) is 0 Å². The maximum absolute atomic E-state index is 13.5. The zero-order valence-corrected chi connectivity index (χ0v) is 17.8. The number of aryl methyl sites for hydroxylation is 2. The third-order valence-electron chi connectivity index (χ3n) is 5.08. The first-order chi connectivity index (χ1) is 14.8. The maximum atomic E-state index is 13.5. The van der Waals surface area contributed by atoms with Gasteiger partial charge in [-0.05, 0) is 66.4 Å². The zero-order valence-electron chi connectivity index (χ0n) is 17.1. The lowest BCUT2D eigenvalue weighted by molar-refractivity contribution is -0.137. The van der Waals surface area contributed by atoms with Gasteiger partial charge in [0.1, 0.15) is 11.5 Å². The van der Waals surface area contributed by atoms with Crippen molar-refractivity contribution in [2.24, 2.45) is 0 Å². The van der Waals surface area contributed by atoms with Gasteiger partial charge in [0, 0.05) is 10.7 Å². The van der Waals surface area contributed by atoms with Crippen LogP contribution in [0.3, 0.4) is 0 Å². The van der Waals surface area contributed by atoms with E-state index in [0.29, 0.717) is 21.8 Å². The molecule has 0 saturated heterocycles. The number of halogens is 2. The van der Waals surface area contributed by atoms with E-state index in [1.54, 1.807) is 24.3 Å². The Kier molecular flexibility index (Phi) is 5.61. The first kappa shape index (κ1) is 20.8. The average molecular weight is 435 g/mol. The molecule has 0 unspecified atom stereocenters. The van der Waals surface area contributed by atoms with Gasteiger partial charge in [-0.3, -0.25) is 14.5 Å². The Morgan fingerprint density at radius 2 is 1.55 bits per heavy atom. The molecule has 156 valence electrons. The molecule has 31 heavy (non-hydrogen) atoms. The van der Waals surface area contributed by atoms with Crippen LogP contribution in [0.1, 0.15) is 22.3 Å². The van der Waals surface area contributed by atoms with E-state index in [0.717, 1.165) is 16.0 Å². The minimum Gasteiger partial charge on any atom is -0.350 e. The van der Waals surface area contributed by atoms with E-state index in [4.69, 9.17) is 11.6 Å². The van der Waals surface area contributed by atoms with Crippen LogP contribution in [0.25, 0.3) is 5.57 Å². The summed E-state index contributed by atoms with van der Waals surface area (Å²) in [6, 6.07) is 18.4. The second-order valence-corrected chi connectivity index (χ2v) is 7.95. The highest BCUT2D eigenvalue weighted by atomic mass is 35.5. The summed E-state index contributed by atoms with van der Waals surface area (Å²) in [4.78, 5) is 27.8. The Balaban J connectivity index is 1.77. The predicted molar refractivity (Wildman–Crippen MR) is 120 cm³/mol. The molecular formula is C25H20ClFN2O2. The van der Waals surface area contributed by atoms with Crippen LogP contribution in [0.4, 0.5) is 10.1 Å². The summed E-state index contributed by atoms with van der Waals surface area (Å²) in [6.45, 7) is 3.96. The van der Waals surface area contributed by atoms with Crippen LogP contribution in [0, 0.1) is 19.7 Å². The molecule has 6 heteroatoms. The summed E-state index contributed by atoms with van der Waals surface area (Å²) in [5, 5.41) is 3.61. The van der Waals surface area contributed by atoms with E-state index in [9.17, 15) is 14.0 Å². The molecule has 0 atom stereocenters. The number of nitrogens with one attached hydrogen (secondary N) is 1. The highest BCUT2D eigenvalue weighted by molar-refractivity contribution is 6.36. The van der Waals surface area contributed by atoms with Crippen LogP contribution in [-0.2, 0) is 16.1 Å². The van der Waals surface area contributed by atoms with E-state index in [-0.39, 0.29) is 17.8 Å². The SMILES string of the molecule is Cc1cc(C)cc(NC2=C(c3ccc(F)cc3)C(=O)N(Cc3ccccc3Cl)C2=O)c1. The first-order valence-electron chi connectivity index (χ1n) is 9.78. The molecule has 1 aliphatic heterocycles. The summed E-state index contributed by atoms with van der Waals surface area (Å²) in [5.41, 5.74) is 4.25. The third-order valence-corrected chi connectivity index (χ3v) is 5.45. The second-order valence-electron chi connectivity index (χ2n) is 7.55. The van der Waals surface area contributed by atoms with Gasteiger partial charge in [0.25, 0.3) is 11.8 Å². The fourth-order valence-corrected chi connectivity index (χ4v) is 3.90. The average Bonchev–Trinajstić information content (AvgIpc) is 2.94. The first-order valence-corrected chi connectivity index (χ1v) is 10.2. The van der Waals surface area contributed by atoms with Crippen molar-refractivity contribution in [3.05, 3.63) is 106 Å². The topological polar surface area (TPSA) is 49.4 Å². The molecule has 3 aromatic carbocycles. The number of imide groups is 1. The van der Waals surface area contributed by atoms with Gasteiger partial charge in [0.2, 0.25) is 0 Å². The van der Waals surface area contributed by atoms with Crippen molar-refractivity contribution < 1.29 is 14.0 Å². The summed E-state index contributed by atoms with van der Waals surface area (Å²) in [7, 11) is 0. The Bertz CT molecular complexity index is 1200. The van der Waals surface area contributed by atoms with Gasteiger partial charge in [0.05, 0.1) is 12.1 Å². The third kappa shape index (κ3) is 4.23. The molecule has 0 fully saturated rings. The van der Waals surface area contributed by atoms with Gasteiger partial charge >= 0.3 is 0 Å². The molecule has 0 bridgehead atoms. The summed E-state index contributed by atoms with van der Waals surface area (Å²) in [5.74, 6) is -1.33. The van der Waals surface area contributed by atoms with E-state index < -0.39 is 17.6 Å². The lowest BCUT2D eigenvalue weighted by Crippen LogP contribution is -2.32. The van der Waals surface area contributed by atoms with Crippen LogP contribution < -0.4 is 5.32 Å². The van der Waals surface area contributed by atoms with Crippen molar-refractivity contribution in [1.82, 2.24) is 4.90 Å². The quantitative estimate of drug-likeness (QED) is 0.540. The van der Waals surface area contributed by atoms with Crippen LogP contribution in [0.15, 0.2) is 72.4 Å². The van der Waals surface area contributed by atoms with Crippen molar-refractivity contribution >= 4 is 34.7 Å². The number of nitrogens with zero attached hydrogens (tertiary/aromatic N) is 1. The van der Waals surface area contributed by atoms with Crippen molar-refractivity contribution in [3.63, 3.8) is 0 Å². The summed E-state index contributed by atoms with van der Waals surface area (Å²) in [6.07, 6.45) is 0. The van der Waals surface area contributed by atoms with Gasteiger partial charge in [-0.25, -0.2) is 4.39 Å². The Morgan fingerprint density at radius 3 is 2.19 bits per heavy atom. The number of hydrogen-bond acceptors (Lipinski definition) is 3. The number of hydrogen-bond donors (Lipinski definition) is 1. The summed E-state index contributed by atoms with van der Waals surface area (Å²) >= 11 is 6.25. The molecule has 2 amide bonds. The molecule has 1 aliphatic rings. The van der Waals surface area contributed by atoms with Crippen LogP contribution in [-0.4, -0.2) is 16.7 Å². The molecule has 3 aromatic rings. The fourth-order valence-electron chi connectivity index (χ4n) is 3.71. The Morgan fingerprint density at radius 1 is 0.903 bits per heavy atom. The van der Waals surface area contributed by atoms with Crippen LogP contribution in [0.2, 0.25) is 5.02 Å². The van der Waals surface area contributed by atoms with Gasteiger partial charge in [-0.1, -0.05) is 48.0 Å². The van der Waals surface area contributed by atoms with E-state index in [1.165, 1.54) is 24.3 Å². The largest absolute Gasteiger partial charge is 0.350 e. The second kappa shape index (κ2) is 8.36. The van der Waals surface area contributed by atoms with Gasteiger partial charge in [0.15, 0.2) is 0 Å². The molecule has 4 nitrogen and oxygen atoms in total. The molecule has 0 spiro atoms. The lowest BCUT2D eigenvalue weighted by atomic mass is 10.0. The fraction of sp³-hybridized carbons (Fsp3) is 0.120. The molecule has 0 aliphatic carbocycles. The molecule has 0 radical (unpaired) electrons. The molecule has 1 heterocycles. The van der Waals surface area contributed by atoms with E-state index >= 15 is 0 Å². The van der Waals surface area contributed by atoms with Crippen molar-refractivity contribution in [2.75, 3.05) is 5.32 Å². The molecule has 1 N–H and O–H groups in total. The minimum absolute atomic E-state index is 0.0417. The smallest absolute Gasteiger partial charge is 0.278 e. The zero-order chi connectivity index (χ0) is 22.1. The summed E-state index contributed by atoms with van der Waals surface area (Å²) < 4.78 is 13.5. The number of amides is 2. The molecule has 4 rings (SSSR count). The Hall–Kier alpha value is -3.44. The van der Waals surface area contributed by atoms with Gasteiger partial charge < -0.3 is 5.32 Å². The Labute approximate surface area is 185 Å². The maximum Gasteiger partial charge on any atom is 0.278 e. The predicted octanol–water partition coefficient (Wildman–Crippen LogP) is 5.49. The standard InChI is InChI=1S/C25H20ClFN2O2/c1-15-11-16(2)13-20(12-15)28-23-22(17-7-9-19(27)10-8-17)24(30)29(25(23)31)14-18-5-3-4-6-21(18)26/h3-13,28H,14H2,1-2H3. The monoisotopic (exact) mass is 434 g/mol. The van der Waals surface area contributed by atoms with Gasteiger partial charge in [-0.15, -0.1) is 0 Å². The minimum atomic E-state index is -0.455. The van der Waals surface area contributed by atoms with E-state index in [2.05, 4.69) is 5.32 Å². The number of carbonyl (C=O) groups is 2. The van der Waals surface area contributed by atoms with Crippen LogP contribution >= 0.6 is 11.6 Å². The number of carbonyl (C=O) groups excluding carboxylic acids is 2.